The van der Waals surface area contributed by atoms with E-state index in [2.05, 4.69) is 24.4 Å². The Morgan fingerprint density at radius 1 is 1.12 bits per heavy atom. The van der Waals surface area contributed by atoms with Gasteiger partial charge in [0.2, 0.25) is 11.8 Å². The number of rotatable bonds is 12. The van der Waals surface area contributed by atoms with E-state index in [1.54, 1.807) is 28.8 Å². The maximum Gasteiger partial charge on any atom is 0.243 e. The second-order valence-corrected chi connectivity index (χ2v) is 9.46. The van der Waals surface area contributed by atoms with Gasteiger partial charge in [0.1, 0.15) is 11.9 Å². The molecule has 0 radical (unpaired) electrons. The number of hydrogen-bond acceptors (Lipinski definition) is 3. The van der Waals surface area contributed by atoms with Gasteiger partial charge in [-0.25, -0.2) is 4.39 Å². The molecule has 0 saturated carbocycles. The number of benzene rings is 2. The van der Waals surface area contributed by atoms with Crippen molar-refractivity contribution in [3.05, 3.63) is 71.5 Å². The van der Waals surface area contributed by atoms with Gasteiger partial charge >= 0.3 is 0 Å². The van der Waals surface area contributed by atoms with Crippen molar-refractivity contribution in [3.63, 3.8) is 0 Å². The Labute approximate surface area is 195 Å². The van der Waals surface area contributed by atoms with Crippen LogP contribution in [0.1, 0.15) is 69.5 Å². The lowest BCUT2D eigenvalue weighted by Crippen LogP contribution is -2.60. The molecular weight excluding hydrogens is 423 g/mol. The number of thioether (sulfide) groups is 1. The lowest BCUT2D eigenvalue weighted by molar-refractivity contribution is -0.150. The fourth-order valence-electron chi connectivity index (χ4n) is 4.07. The summed E-state index contributed by atoms with van der Waals surface area (Å²) in [7, 11) is 0. The van der Waals surface area contributed by atoms with E-state index in [-0.39, 0.29) is 29.0 Å². The second-order valence-electron chi connectivity index (χ2n) is 8.29. The topological polar surface area (TPSA) is 49.4 Å². The van der Waals surface area contributed by atoms with Crippen LogP contribution in [-0.4, -0.2) is 28.1 Å². The minimum atomic E-state index is -0.487. The van der Waals surface area contributed by atoms with Gasteiger partial charge in [-0.15, -0.1) is 11.8 Å². The lowest BCUT2D eigenvalue weighted by Gasteiger charge is -2.44. The molecule has 3 rings (SSSR count). The summed E-state index contributed by atoms with van der Waals surface area (Å²) in [6.45, 7) is 4.08. The molecule has 2 amide bonds. The fourth-order valence-corrected chi connectivity index (χ4v) is 5.34. The van der Waals surface area contributed by atoms with Crippen LogP contribution in [0, 0.1) is 5.82 Å². The van der Waals surface area contributed by atoms with Crippen molar-refractivity contribution in [2.75, 3.05) is 0 Å². The van der Waals surface area contributed by atoms with Crippen molar-refractivity contribution < 1.29 is 14.0 Å². The van der Waals surface area contributed by atoms with Gasteiger partial charge < -0.3 is 10.2 Å². The monoisotopic (exact) mass is 456 g/mol. The molecule has 3 atom stereocenters. The van der Waals surface area contributed by atoms with E-state index in [9.17, 15) is 14.0 Å². The molecule has 1 aliphatic rings. The van der Waals surface area contributed by atoms with Crippen LogP contribution >= 0.6 is 11.8 Å². The summed E-state index contributed by atoms with van der Waals surface area (Å²) in [4.78, 5) is 27.5. The molecule has 2 aromatic rings. The number of halogens is 1. The average Bonchev–Trinajstić information content (AvgIpc) is 2.80. The van der Waals surface area contributed by atoms with E-state index in [0.29, 0.717) is 12.8 Å². The Kier molecular flexibility index (Phi) is 9.15. The first-order chi connectivity index (χ1) is 15.5. The SMILES string of the molecule is CCCCCC(NC(=O)C(CC)N1C(=O)CC1SCc1ccccc1)c1ccc(F)cc1. The number of nitrogens with zero attached hydrogens (tertiary/aromatic N) is 1. The van der Waals surface area contributed by atoms with Crippen molar-refractivity contribution in [2.45, 2.75) is 75.6 Å². The minimum absolute atomic E-state index is 0.0165. The molecule has 0 aromatic heterocycles. The first kappa shape index (κ1) is 24.3. The molecule has 3 unspecified atom stereocenters. The number of β-lactam (4-membered cyclic amide) rings is 1. The van der Waals surface area contributed by atoms with E-state index in [0.717, 1.165) is 37.0 Å². The summed E-state index contributed by atoms with van der Waals surface area (Å²) in [5.74, 6) is 0.421. The molecule has 172 valence electrons. The van der Waals surface area contributed by atoms with Crippen LogP contribution in [0.15, 0.2) is 54.6 Å². The van der Waals surface area contributed by atoms with Crippen LogP contribution in [-0.2, 0) is 15.3 Å². The first-order valence-corrected chi connectivity index (χ1v) is 12.6. The maximum atomic E-state index is 13.4. The number of likely N-dealkylation sites (tertiary alicyclic amines) is 1. The third-order valence-corrected chi connectivity index (χ3v) is 7.22. The molecule has 4 nitrogen and oxygen atoms in total. The highest BCUT2D eigenvalue weighted by Gasteiger charge is 2.43. The predicted molar refractivity (Wildman–Crippen MR) is 128 cm³/mol. The summed E-state index contributed by atoms with van der Waals surface area (Å²) in [6, 6.07) is 15.8. The van der Waals surface area contributed by atoms with Gasteiger partial charge in [-0.05, 0) is 36.1 Å². The molecule has 1 fully saturated rings. The Morgan fingerprint density at radius 2 is 1.84 bits per heavy atom. The lowest BCUT2D eigenvalue weighted by atomic mass is 9.99. The Morgan fingerprint density at radius 3 is 2.47 bits per heavy atom. The standard InChI is InChI=1S/C26H33FN2O2S/c1-3-5-7-12-22(20-13-15-21(27)16-14-20)28-26(31)23(4-2)29-24(30)17-25(29)32-18-19-10-8-6-9-11-19/h6,8-11,13-16,22-23,25H,3-5,7,12,17-18H2,1-2H3,(H,28,31). The molecule has 1 saturated heterocycles. The zero-order chi connectivity index (χ0) is 22.9. The third kappa shape index (κ3) is 6.35. The van der Waals surface area contributed by atoms with E-state index < -0.39 is 6.04 Å². The van der Waals surface area contributed by atoms with Gasteiger partial charge in [0, 0.05) is 5.75 Å². The molecule has 1 N–H and O–H groups in total. The largest absolute Gasteiger partial charge is 0.348 e. The van der Waals surface area contributed by atoms with Crippen LogP contribution in [0.3, 0.4) is 0 Å². The Bertz CT molecular complexity index is 875. The molecule has 1 aliphatic heterocycles. The summed E-state index contributed by atoms with van der Waals surface area (Å²) in [5.41, 5.74) is 2.11. The van der Waals surface area contributed by atoms with E-state index >= 15 is 0 Å². The first-order valence-electron chi connectivity index (χ1n) is 11.6. The van der Waals surface area contributed by atoms with E-state index in [4.69, 9.17) is 0 Å². The molecule has 0 aliphatic carbocycles. The average molecular weight is 457 g/mol. The summed E-state index contributed by atoms with van der Waals surface area (Å²) < 4.78 is 13.4. The highest BCUT2D eigenvalue weighted by molar-refractivity contribution is 7.99. The molecule has 2 aromatic carbocycles. The second kappa shape index (κ2) is 12.0. The fraction of sp³-hybridized carbons (Fsp3) is 0.462. The zero-order valence-corrected chi connectivity index (χ0v) is 19.7. The molecule has 1 heterocycles. The van der Waals surface area contributed by atoms with Gasteiger partial charge in [-0.3, -0.25) is 9.59 Å². The van der Waals surface area contributed by atoms with Gasteiger partial charge in [0.15, 0.2) is 0 Å². The van der Waals surface area contributed by atoms with Gasteiger partial charge in [-0.2, -0.15) is 0 Å². The maximum absolute atomic E-state index is 13.4. The quantitative estimate of drug-likeness (QED) is 0.323. The number of carbonyl (C=O) groups excluding carboxylic acids is 2. The Balaban J connectivity index is 1.66. The zero-order valence-electron chi connectivity index (χ0n) is 18.9. The number of hydrogen-bond donors (Lipinski definition) is 1. The third-order valence-electron chi connectivity index (χ3n) is 5.94. The highest BCUT2D eigenvalue weighted by Crippen LogP contribution is 2.35. The molecule has 32 heavy (non-hydrogen) atoms. The van der Waals surface area contributed by atoms with Gasteiger partial charge in [0.05, 0.1) is 17.8 Å². The molecular formula is C26H33FN2O2S. The molecule has 0 bridgehead atoms. The van der Waals surface area contributed by atoms with Gasteiger partial charge in [0.25, 0.3) is 0 Å². The number of carbonyl (C=O) groups is 2. The minimum Gasteiger partial charge on any atom is -0.348 e. The normalized spacial score (nSPS) is 17.5. The van der Waals surface area contributed by atoms with Crippen LogP contribution in [0.25, 0.3) is 0 Å². The van der Waals surface area contributed by atoms with E-state index in [1.807, 2.05) is 25.1 Å². The molecule has 0 spiro atoms. The summed E-state index contributed by atoms with van der Waals surface area (Å²) >= 11 is 1.71. The van der Waals surface area contributed by atoms with Crippen LogP contribution in [0.2, 0.25) is 0 Å². The number of amides is 2. The summed E-state index contributed by atoms with van der Waals surface area (Å²) in [6.07, 6.45) is 4.97. The highest BCUT2D eigenvalue weighted by atomic mass is 32.2. The van der Waals surface area contributed by atoms with Crippen LogP contribution in [0.5, 0.6) is 0 Å². The van der Waals surface area contributed by atoms with Crippen LogP contribution in [0.4, 0.5) is 4.39 Å². The predicted octanol–water partition coefficient (Wildman–Crippen LogP) is 5.83. The smallest absolute Gasteiger partial charge is 0.243 e. The number of unbranched alkanes of at least 4 members (excludes halogenated alkanes) is 2. The van der Waals surface area contributed by atoms with E-state index in [1.165, 1.54) is 17.7 Å². The Hall–Kier alpha value is -2.34. The van der Waals surface area contributed by atoms with Crippen molar-refractivity contribution in [1.29, 1.82) is 0 Å². The van der Waals surface area contributed by atoms with Crippen molar-refractivity contribution in [1.82, 2.24) is 10.2 Å². The summed E-state index contributed by atoms with van der Waals surface area (Å²) in [5, 5.41) is 3.18. The molecule has 6 heteroatoms. The van der Waals surface area contributed by atoms with Crippen molar-refractivity contribution in [2.24, 2.45) is 0 Å². The van der Waals surface area contributed by atoms with Crippen LogP contribution < -0.4 is 5.32 Å². The van der Waals surface area contributed by atoms with Crippen molar-refractivity contribution >= 4 is 23.6 Å². The van der Waals surface area contributed by atoms with Crippen molar-refractivity contribution in [3.8, 4) is 0 Å². The number of nitrogens with one attached hydrogen (secondary N) is 1. The van der Waals surface area contributed by atoms with Gasteiger partial charge in [-0.1, -0.05) is 75.6 Å².